The zero-order valence-corrected chi connectivity index (χ0v) is 17.9. The highest BCUT2D eigenvalue weighted by atomic mass is 32.1. The Morgan fingerprint density at radius 2 is 1.92 bits per heavy atom. The van der Waals surface area contributed by atoms with Crippen LogP contribution in [-0.4, -0.2) is 70.9 Å². The van der Waals surface area contributed by atoms with Gasteiger partial charge in [-0.1, -0.05) is 20.8 Å². The normalized spacial score (nSPS) is 22.1. The smallest absolute Gasteiger partial charge is 0.223 e. The number of rotatable bonds is 3. The van der Waals surface area contributed by atoms with E-state index in [9.17, 15) is 4.79 Å². The number of likely N-dealkylation sites (N-methyl/N-ethyl adjacent to an activating group) is 1. The molecule has 0 bridgehead atoms. The van der Waals surface area contributed by atoms with Crippen molar-refractivity contribution >= 4 is 17.2 Å². The Hall–Kier alpha value is -0.980. The van der Waals surface area contributed by atoms with Crippen molar-refractivity contribution in [3.8, 4) is 0 Å². The summed E-state index contributed by atoms with van der Waals surface area (Å²) in [7, 11) is 2.26. The molecular formula is C20H34N4OS. The number of carbonyl (C=O) groups excluding carboxylic acids is 1. The molecular weight excluding hydrogens is 344 g/mol. The van der Waals surface area contributed by atoms with E-state index in [1.807, 2.05) is 0 Å². The van der Waals surface area contributed by atoms with Gasteiger partial charge in [0.2, 0.25) is 5.91 Å². The number of thiazole rings is 1. The van der Waals surface area contributed by atoms with Crippen LogP contribution in [0.25, 0.3) is 0 Å². The van der Waals surface area contributed by atoms with Crippen molar-refractivity contribution in [1.29, 1.82) is 0 Å². The van der Waals surface area contributed by atoms with Crippen LogP contribution in [0.2, 0.25) is 0 Å². The fourth-order valence-corrected chi connectivity index (χ4v) is 5.04. The molecule has 0 unspecified atom stereocenters. The number of amides is 1. The minimum Gasteiger partial charge on any atom is -0.343 e. The molecule has 146 valence electrons. The Morgan fingerprint density at radius 3 is 2.50 bits per heavy atom. The van der Waals surface area contributed by atoms with E-state index in [1.165, 1.54) is 5.01 Å². The Morgan fingerprint density at radius 1 is 1.23 bits per heavy atom. The van der Waals surface area contributed by atoms with Gasteiger partial charge in [0, 0.05) is 55.8 Å². The predicted octanol–water partition coefficient (Wildman–Crippen LogP) is 3.00. The Bertz CT molecular complexity index is 628. The third-order valence-corrected chi connectivity index (χ3v) is 6.78. The van der Waals surface area contributed by atoms with Gasteiger partial charge in [-0.05, 0) is 32.2 Å². The van der Waals surface area contributed by atoms with E-state index in [0.717, 1.165) is 57.8 Å². The van der Waals surface area contributed by atoms with E-state index >= 15 is 0 Å². The average molecular weight is 379 g/mol. The van der Waals surface area contributed by atoms with Crippen molar-refractivity contribution < 1.29 is 4.79 Å². The zero-order chi connectivity index (χ0) is 18.9. The zero-order valence-electron chi connectivity index (χ0n) is 17.0. The van der Waals surface area contributed by atoms with Gasteiger partial charge in [0.1, 0.15) is 5.01 Å². The Labute approximate surface area is 162 Å². The lowest BCUT2D eigenvalue weighted by Crippen LogP contribution is -2.64. The van der Waals surface area contributed by atoms with E-state index in [2.05, 4.69) is 59.8 Å². The van der Waals surface area contributed by atoms with Crippen LogP contribution in [0.3, 0.4) is 0 Å². The number of aryl methyl sites for hydroxylation is 1. The highest BCUT2D eigenvalue weighted by Gasteiger charge is 2.43. The van der Waals surface area contributed by atoms with Gasteiger partial charge in [-0.15, -0.1) is 11.3 Å². The summed E-state index contributed by atoms with van der Waals surface area (Å²) in [4.78, 5) is 24.4. The lowest BCUT2D eigenvalue weighted by molar-refractivity contribution is -0.136. The summed E-state index contributed by atoms with van der Waals surface area (Å²) in [6, 6.07) is 0. The standard InChI is InChI=1S/C20H34N4OS/c1-16-14-26-17(21-16)13-23-11-10-22(5)20(15-23)6-8-24(9-7-20)18(25)12-19(2,3)4/h14H,6-13,15H2,1-5H3. The first-order chi connectivity index (χ1) is 12.2. The topological polar surface area (TPSA) is 39.7 Å². The monoisotopic (exact) mass is 378 g/mol. The van der Waals surface area contributed by atoms with Crippen LogP contribution in [0.5, 0.6) is 0 Å². The largest absolute Gasteiger partial charge is 0.343 e. The molecule has 0 saturated carbocycles. The molecule has 26 heavy (non-hydrogen) atoms. The van der Waals surface area contributed by atoms with Crippen molar-refractivity contribution in [3.05, 3.63) is 16.1 Å². The van der Waals surface area contributed by atoms with Crippen LogP contribution >= 0.6 is 11.3 Å². The Kier molecular flexibility index (Phi) is 5.75. The summed E-state index contributed by atoms with van der Waals surface area (Å²) in [6.07, 6.45) is 2.80. The molecule has 0 N–H and O–H groups in total. The molecule has 0 aromatic carbocycles. The van der Waals surface area contributed by atoms with Crippen LogP contribution in [0.1, 0.15) is 50.7 Å². The highest BCUT2D eigenvalue weighted by Crippen LogP contribution is 2.33. The first-order valence-corrected chi connectivity index (χ1v) is 10.7. The Balaban J connectivity index is 1.59. The van der Waals surface area contributed by atoms with Gasteiger partial charge in [-0.3, -0.25) is 14.6 Å². The molecule has 2 aliphatic rings. The van der Waals surface area contributed by atoms with E-state index < -0.39 is 0 Å². The van der Waals surface area contributed by atoms with Crippen molar-refractivity contribution in [3.63, 3.8) is 0 Å². The SMILES string of the molecule is Cc1csc(CN2CCN(C)C3(CCN(C(=O)CC(C)(C)C)CC3)C2)n1. The van der Waals surface area contributed by atoms with Crippen LogP contribution in [-0.2, 0) is 11.3 Å². The summed E-state index contributed by atoms with van der Waals surface area (Å²) in [5.41, 5.74) is 1.40. The molecule has 3 heterocycles. The third-order valence-electron chi connectivity index (χ3n) is 5.83. The number of aromatic nitrogens is 1. The maximum Gasteiger partial charge on any atom is 0.223 e. The van der Waals surface area contributed by atoms with E-state index in [4.69, 9.17) is 0 Å². The van der Waals surface area contributed by atoms with Crippen molar-refractivity contribution in [2.75, 3.05) is 39.8 Å². The molecule has 1 aromatic heterocycles. The molecule has 2 saturated heterocycles. The van der Waals surface area contributed by atoms with Gasteiger partial charge in [0.15, 0.2) is 0 Å². The number of likely N-dealkylation sites (tertiary alicyclic amines) is 1. The molecule has 5 nitrogen and oxygen atoms in total. The minimum absolute atomic E-state index is 0.0660. The highest BCUT2D eigenvalue weighted by molar-refractivity contribution is 7.09. The van der Waals surface area contributed by atoms with Gasteiger partial charge >= 0.3 is 0 Å². The fourth-order valence-electron chi connectivity index (χ4n) is 4.22. The second kappa shape index (κ2) is 7.56. The maximum atomic E-state index is 12.6. The number of hydrogen-bond acceptors (Lipinski definition) is 5. The lowest BCUT2D eigenvalue weighted by Gasteiger charge is -2.53. The van der Waals surface area contributed by atoms with Crippen molar-refractivity contribution in [2.24, 2.45) is 5.41 Å². The summed E-state index contributed by atoms with van der Waals surface area (Å²) >= 11 is 1.77. The van der Waals surface area contributed by atoms with Crippen LogP contribution in [0.4, 0.5) is 0 Å². The van der Waals surface area contributed by atoms with Crippen LogP contribution in [0.15, 0.2) is 5.38 Å². The number of nitrogens with zero attached hydrogens (tertiary/aromatic N) is 4. The molecule has 1 amide bonds. The van der Waals surface area contributed by atoms with E-state index in [-0.39, 0.29) is 11.0 Å². The molecule has 1 spiro atoms. The predicted molar refractivity (Wildman–Crippen MR) is 107 cm³/mol. The van der Waals surface area contributed by atoms with E-state index in [1.54, 1.807) is 11.3 Å². The summed E-state index contributed by atoms with van der Waals surface area (Å²) in [6.45, 7) is 14.5. The molecule has 2 aliphatic heterocycles. The van der Waals surface area contributed by atoms with Crippen molar-refractivity contribution in [2.45, 2.75) is 59.0 Å². The third kappa shape index (κ3) is 4.65. The van der Waals surface area contributed by atoms with Gasteiger partial charge in [0.25, 0.3) is 0 Å². The molecule has 0 radical (unpaired) electrons. The molecule has 6 heteroatoms. The fraction of sp³-hybridized carbons (Fsp3) is 0.800. The summed E-state index contributed by atoms with van der Waals surface area (Å²) in [5.74, 6) is 0.320. The van der Waals surface area contributed by atoms with E-state index in [0.29, 0.717) is 12.3 Å². The van der Waals surface area contributed by atoms with Crippen LogP contribution < -0.4 is 0 Å². The first-order valence-electron chi connectivity index (χ1n) is 9.79. The number of carbonyl (C=O) groups is 1. The minimum atomic E-state index is 0.0660. The molecule has 1 aromatic rings. The number of piperazine rings is 1. The second-order valence-electron chi connectivity index (χ2n) is 9.36. The second-order valence-corrected chi connectivity index (χ2v) is 10.3. The molecule has 0 atom stereocenters. The average Bonchev–Trinajstić information content (AvgIpc) is 2.95. The van der Waals surface area contributed by atoms with Crippen LogP contribution in [0, 0.1) is 12.3 Å². The maximum absolute atomic E-state index is 12.6. The number of hydrogen-bond donors (Lipinski definition) is 0. The quantitative estimate of drug-likeness (QED) is 0.811. The molecule has 3 rings (SSSR count). The lowest BCUT2D eigenvalue weighted by atomic mass is 9.83. The summed E-state index contributed by atoms with van der Waals surface area (Å²) < 4.78 is 0. The van der Waals surface area contributed by atoms with Gasteiger partial charge in [-0.25, -0.2) is 4.98 Å². The molecule has 2 fully saturated rings. The van der Waals surface area contributed by atoms with Gasteiger partial charge < -0.3 is 4.90 Å². The first kappa shape index (κ1) is 19.8. The van der Waals surface area contributed by atoms with Gasteiger partial charge in [0.05, 0.1) is 6.54 Å². The van der Waals surface area contributed by atoms with Crippen molar-refractivity contribution in [1.82, 2.24) is 19.7 Å². The number of piperidine rings is 1. The summed E-state index contributed by atoms with van der Waals surface area (Å²) in [5, 5.41) is 3.36. The van der Waals surface area contributed by atoms with Gasteiger partial charge in [-0.2, -0.15) is 0 Å². The molecule has 0 aliphatic carbocycles.